The van der Waals surface area contributed by atoms with E-state index >= 15 is 0 Å². The van der Waals surface area contributed by atoms with E-state index in [1.165, 1.54) is 6.08 Å². The van der Waals surface area contributed by atoms with Crippen LogP contribution >= 0.6 is 0 Å². The van der Waals surface area contributed by atoms with Crippen molar-refractivity contribution >= 4 is 17.8 Å². The molecule has 16 heavy (non-hydrogen) atoms. The van der Waals surface area contributed by atoms with E-state index in [0.29, 0.717) is 0 Å². The van der Waals surface area contributed by atoms with Crippen LogP contribution in [0, 0.1) is 0 Å². The summed E-state index contributed by atoms with van der Waals surface area (Å²) in [6.07, 6.45) is 3.08. The van der Waals surface area contributed by atoms with Crippen molar-refractivity contribution in [3.05, 3.63) is 47.5 Å². The van der Waals surface area contributed by atoms with E-state index in [2.05, 4.69) is 4.79 Å². The summed E-state index contributed by atoms with van der Waals surface area (Å²) in [6.45, 7) is 1.94. The molecule has 0 N–H and O–H groups in total. The maximum absolute atomic E-state index is 11.2. The van der Waals surface area contributed by atoms with Gasteiger partial charge in [-0.05, 0) is 18.6 Å². The number of carbonyl (C=O) groups is 1. The van der Waals surface area contributed by atoms with Crippen LogP contribution in [-0.2, 0) is 9.53 Å². The van der Waals surface area contributed by atoms with Gasteiger partial charge in [-0.3, -0.25) is 0 Å². The summed E-state index contributed by atoms with van der Waals surface area (Å²) in [6, 6.07) is 9.39. The first kappa shape index (κ1) is 11.9. The van der Waals surface area contributed by atoms with Crippen LogP contribution in [0.2, 0.25) is 0 Å². The van der Waals surface area contributed by atoms with E-state index < -0.39 is 5.97 Å². The minimum atomic E-state index is -0.641. The zero-order valence-electron chi connectivity index (χ0n) is 8.96. The second-order valence-electron chi connectivity index (χ2n) is 2.95. The van der Waals surface area contributed by atoms with Gasteiger partial charge in [-0.2, -0.15) is 4.79 Å². The van der Waals surface area contributed by atoms with Crippen LogP contribution in [0.25, 0.3) is 11.6 Å². The fourth-order valence-corrected chi connectivity index (χ4v) is 1.09. The van der Waals surface area contributed by atoms with Crippen molar-refractivity contribution in [2.45, 2.75) is 6.92 Å². The molecule has 82 valence electrons. The molecule has 1 aromatic carbocycles. The van der Waals surface area contributed by atoms with E-state index in [1.54, 1.807) is 13.0 Å². The molecule has 0 aliphatic heterocycles. The molecule has 0 saturated carbocycles. The third-order valence-corrected chi connectivity index (χ3v) is 1.83. The lowest BCUT2D eigenvalue weighted by molar-refractivity contribution is -0.139. The fourth-order valence-electron chi connectivity index (χ4n) is 1.09. The zero-order valence-corrected chi connectivity index (χ0v) is 8.96. The van der Waals surface area contributed by atoms with Crippen molar-refractivity contribution in [3.63, 3.8) is 0 Å². The van der Waals surface area contributed by atoms with Gasteiger partial charge in [-0.1, -0.05) is 30.3 Å². The highest BCUT2D eigenvalue weighted by Gasteiger charge is 2.17. The first-order valence-corrected chi connectivity index (χ1v) is 4.90. The number of carbonyl (C=O) groups excluding carboxylic acids is 1. The van der Waals surface area contributed by atoms with Crippen molar-refractivity contribution in [2.75, 3.05) is 6.61 Å². The predicted octanol–water partition coefficient (Wildman–Crippen LogP) is 1.93. The Morgan fingerprint density at radius 2 is 2.12 bits per heavy atom. The zero-order chi connectivity index (χ0) is 11.8. The molecule has 0 spiro atoms. The van der Waals surface area contributed by atoms with Gasteiger partial charge in [0.2, 0.25) is 0 Å². The van der Waals surface area contributed by atoms with E-state index in [1.807, 2.05) is 30.3 Å². The SMILES string of the molecule is CCOC(=O)C(C=Cc1ccccc1)=[N+]=[N-]. The molecular formula is C12H12N2O2. The molecule has 0 radical (unpaired) electrons. The average Bonchev–Trinajstić information content (AvgIpc) is 2.31. The highest BCUT2D eigenvalue weighted by molar-refractivity contribution is 6.39. The molecular weight excluding hydrogens is 204 g/mol. The first-order chi connectivity index (χ1) is 7.77. The van der Waals surface area contributed by atoms with Crippen molar-refractivity contribution in [1.82, 2.24) is 0 Å². The number of hydrogen-bond acceptors (Lipinski definition) is 2. The van der Waals surface area contributed by atoms with Crippen LogP contribution in [0.3, 0.4) is 0 Å². The minimum Gasteiger partial charge on any atom is -0.457 e. The molecule has 0 saturated heterocycles. The third-order valence-electron chi connectivity index (χ3n) is 1.83. The summed E-state index contributed by atoms with van der Waals surface area (Å²) in [7, 11) is 0. The maximum Gasteiger partial charge on any atom is 0.421 e. The summed E-state index contributed by atoms with van der Waals surface area (Å²) in [5, 5.41) is 0. The van der Waals surface area contributed by atoms with E-state index in [4.69, 9.17) is 10.3 Å². The first-order valence-electron chi connectivity index (χ1n) is 4.90. The summed E-state index contributed by atoms with van der Waals surface area (Å²) in [4.78, 5) is 14.1. The van der Waals surface area contributed by atoms with Crippen LogP contribution in [0.1, 0.15) is 12.5 Å². The van der Waals surface area contributed by atoms with Gasteiger partial charge in [0.05, 0.1) is 6.61 Å². The van der Waals surface area contributed by atoms with Gasteiger partial charge in [-0.15, -0.1) is 0 Å². The van der Waals surface area contributed by atoms with Crippen molar-refractivity contribution in [3.8, 4) is 0 Å². The number of esters is 1. The Morgan fingerprint density at radius 3 is 2.69 bits per heavy atom. The highest BCUT2D eigenvalue weighted by atomic mass is 16.5. The van der Waals surface area contributed by atoms with Crippen molar-refractivity contribution in [2.24, 2.45) is 0 Å². The largest absolute Gasteiger partial charge is 0.457 e. The molecule has 0 bridgehead atoms. The Morgan fingerprint density at radius 1 is 1.44 bits per heavy atom. The maximum atomic E-state index is 11.2. The van der Waals surface area contributed by atoms with Gasteiger partial charge >= 0.3 is 11.7 Å². The Labute approximate surface area is 93.8 Å². The van der Waals surface area contributed by atoms with Crippen LogP contribution < -0.4 is 0 Å². The number of benzene rings is 1. The number of ether oxygens (including phenoxy) is 1. The van der Waals surface area contributed by atoms with Gasteiger partial charge in [0.15, 0.2) is 0 Å². The minimum absolute atomic E-state index is 0.120. The Kier molecular flexibility index (Phi) is 4.70. The molecule has 0 atom stereocenters. The number of nitrogens with zero attached hydrogens (tertiary/aromatic N) is 2. The Hall–Kier alpha value is -2.19. The second-order valence-corrected chi connectivity index (χ2v) is 2.95. The van der Waals surface area contributed by atoms with Gasteiger partial charge in [0.25, 0.3) is 0 Å². The van der Waals surface area contributed by atoms with Gasteiger partial charge in [0.1, 0.15) is 0 Å². The van der Waals surface area contributed by atoms with Gasteiger partial charge < -0.3 is 10.3 Å². The molecule has 0 heterocycles. The molecule has 0 aliphatic carbocycles. The average molecular weight is 216 g/mol. The van der Waals surface area contributed by atoms with Gasteiger partial charge in [-0.25, -0.2) is 4.79 Å². The lowest BCUT2D eigenvalue weighted by Crippen LogP contribution is -2.16. The second kappa shape index (κ2) is 6.32. The topological polar surface area (TPSA) is 62.7 Å². The van der Waals surface area contributed by atoms with Crippen molar-refractivity contribution < 1.29 is 14.3 Å². The normalized spacial score (nSPS) is 9.81. The molecule has 4 nitrogen and oxygen atoms in total. The monoisotopic (exact) mass is 216 g/mol. The Bertz CT molecular complexity index is 432. The van der Waals surface area contributed by atoms with Crippen molar-refractivity contribution in [1.29, 1.82) is 0 Å². The number of rotatable bonds is 4. The summed E-state index contributed by atoms with van der Waals surface area (Å²) in [5.41, 5.74) is 9.43. The van der Waals surface area contributed by atoms with E-state index in [-0.39, 0.29) is 12.3 Å². The smallest absolute Gasteiger partial charge is 0.421 e. The van der Waals surface area contributed by atoms with Crippen LogP contribution in [0.5, 0.6) is 0 Å². The molecule has 0 amide bonds. The quantitative estimate of drug-likeness (QED) is 0.334. The third kappa shape index (κ3) is 3.52. The molecule has 1 rings (SSSR count). The van der Waals surface area contributed by atoms with Crippen LogP contribution in [0.4, 0.5) is 0 Å². The Balaban J connectivity index is 2.76. The molecule has 0 aromatic heterocycles. The number of hydrogen-bond donors (Lipinski definition) is 0. The van der Waals surface area contributed by atoms with Crippen LogP contribution in [0.15, 0.2) is 36.4 Å². The molecule has 1 aromatic rings. The van der Waals surface area contributed by atoms with Gasteiger partial charge in [0, 0.05) is 6.08 Å². The highest BCUT2D eigenvalue weighted by Crippen LogP contribution is 2.01. The fraction of sp³-hybridized carbons (Fsp3) is 0.167. The van der Waals surface area contributed by atoms with E-state index in [0.717, 1.165) is 5.56 Å². The molecule has 0 fully saturated rings. The molecule has 0 unspecified atom stereocenters. The summed E-state index contributed by atoms with van der Waals surface area (Å²) < 4.78 is 4.70. The van der Waals surface area contributed by atoms with E-state index in [9.17, 15) is 4.79 Å². The summed E-state index contributed by atoms with van der Waals surface area (Å²) >= 11 is 0. The predicted molar refractivity (Wildman–Crippen MR) is 60.7 cm³/mol. The lowest BCUT2D eigenvalue weighted by atomic mass is 10.2. The van der Waals surface area contributed by atoms with Crippen LogP contribution in [-0.4, -0.2) is 23.1 Å². The molecule has 0 aliphatic rings. The molecule has 4 heteroatoms. The lowest BCUT2D eigenvalue weighted by Gasteiger charge is -1.93. The standard InChI is InChI=1S/C12H12N2O2/c1-2-16-12(15)11(14-13)9-8-10-6-4-3-5-7-10/h3-9H,2H2,1H3. The summed E-state index contributed by atoms with van der Waals surface area (Å²) in [5.74, 6) is -0.641.